The van der Waals surface area contributed by atoms with Crippen LogP contribution in [0.3, 0.4) is 0 Å². The second-order valence-corrected chi connectivity index (χ2v) is 5.47. The molecule has 4 rings (SSSR count). The molecule has 25 heavy (non-hydrogen) atoms. The predicted octanol–water partition coefficient (Wildman–Crippen LogP) is 3.29. The number of halogens is 1. The van der Waals surface area contributed by atoms with Gasteiger partial charge in [0.2, 0.25) is 5.43 Å². The van der Waals surface area contributed by atoms with Gasteiger partial charge in [0.1, 0.15) is 0 Å². The second-order valence-electron chi connectivity index (χ2n) is 5.47. The van der Waals surface area contributed by atoms with Crippen LogP contribution in [0, 0.1) is 5.82 Å². The summed E-state index contributed by atoms with van der Waals surface area (Å²) in [4.78, 5) is 19.7. The molecular formula is C19H12FN3O2. The standard InChI is InChI=1S/C19H12FN3O2/c20-18-14(12-3-1-5-15-13(12)4-2-8-21-15)6-9-22-19(18)23-10-7-16(24)17(25)11-23/h1-11,25H. The van der Waals surface area contributed by atoms with Crippen molar-refractivity contribution in [1.82, 2.24) is 14.5 Å². The molecule has 0 aliphatic heterocycles. The van der Waals surface area contributed by atoms with E-state index >= 15 is 4.39 Å². The molecule has 5 nitrogen and oxygen atoms in total. The van der Waals surface area contributed by atoms with Crippen molar-refractivity contribution < 1.29 is 9.50 Å². The number of hydrogen-bond donors (Lipinski definition) is 1. The quantitative estimate of drug-likeness (QED) is 0.611. The Morgan fingerprint density at radius 3 is 2.68 bits per heavy atom. The van der Waals surface area contributed by atoms with E-state index in [-0.39, 0.29) is 5.82 Å². The van der Waals surface area contributed by atoms with Crippen LogP contribution in [-0.2, 0) is 0 Å². The first-order chi connectivity index (χ1) is 12.1. The molecule has 0 amide bonds. The Kier molecular flexibility index (Phi) is 3.50. The summed E-state index contributed by atoms with van der Waals surface area (Å²) in [6, 6.07) is 11.9. The van der Waals surface area contributed by atoms with Gasteiger partial charge >= 0.3 is 0 Å². The fourth-order valence-electron chi connectivity index (χ4n) is 2.76. The highest BCUT2D eigenvalue weighted by atomic mass is 19.1. The van der Waals surface area contributed by atoms with Crippen molar-refractivity contribution in [3.05, 3.63) is 83.3 Å². The summed E-state index contributed by atoms with van der Waals surface area (Å²) in [6.07, 6.45) is 5.67. The van der Waals surface area contributed by atoms with Gasteiger partial charge in [0, 0.05) is 35.6 Å². The molecule has 3 heterocycles. The van der Waals surface area contributed by atoms with Crippen molar-refractivity contribution >= 4 is 10.9 Å². The third-order valence-corrected chi connectivity index (χ3v) is 3.95. The number of rotatable bonds is 2. The van der Waals surface area contributed by atoms with E-state index in [4.69, 9.17) is 0 Å². The van der Waals surface area contributed by atoms with Crippen LogP contribution < -0.4 is 5.43 Å². The van der Waals surface area contributed by atoms with Crippen molar-refractivity contribution in [2.45, 2.75) is 0 Å². The Morgan fingerprint density at radius 1 is 0.960 bits per heavy atom. The minimum Gasteiger partial charge on any atom is -0.503 e. The van der Waals surface area contributed by atoms with Crippen molar-refractivity contribution in [2.24, 2.45) is 0 Å². The third-order valence-electron chi connectivity index (χ3n) is 3.95. The van der Waals surface area contributed by atoms with E-state index in [0.29, 0.717) is 11.1 Å². The zero-order valence-corrected chi connectivity index (χ0v) is 12.9. The second kappa shape index (κ2) is 5.83. The monoisotopic (exact) mass is 333 g/mol. The van der Waals surface area contributed by atoms with Crippen molar-refractivity contribution in [1.29, 1.82) is 0 Å². The van der Waals surface area contributed by atoms with Crippen molar-refractivity contribution in [3.63, 3.8) is 0 Å². The number of pyridine rings is 3. The van der Waals surface area contributed by atoms with Crippen LogP contribution in [0.4, 0.5) is 4.39 Å². The van der Waals surface area contributed by atoms with E-state index in [2.05, 4.69) is 9.97 Å². The average molecular weight is 333 g/mol. The molecule has 4 aromatic rings. The molecule has 0 spiro atoms. The smallest absolute Gasteiger partial charge is 0.223 e. The maximum Gasteiger partial charge on any atom is 0.223 e. The van der Waals surface area contributed by atoms with Crippen molar-refractivity contribution in [3.8, 4) is 22.7 Å². The van der Waals surface area contributed by atoms with Crippen LogP contribution >= 0.6 is 0 Å². The van der Waals surface area contributed by atoms with Gasteiger partial charge in [-0.15, -0.1) is 0 Å². The van der Waals surface area contributed by atoms with E-state index < -0.39 is 17.0 Å². The van der Waals surface area contributed by atoms with Crippen LogP contribution in [-0.4, -0.2) is 19.6 Å². The van der Waals surface area contributed by atoms with E-state index in [1.807, 2.05) is 24.3 Å². The molecule has 0 aliphatic carbocycles. The van der Waals surface area contributed by atoms with Gasteiger partial charge in [0.25, 0.3) is 0 Å². The van der Waals surface area contributed by atoms with Crippen LogP contribution in [0.2, 0.25) is 0 Å². The lowest BCUT2D eigenvalue weighted by atomic mass is 10.0. The average Bonchev–Trinajstić information content (AvgIpc) is 2.64. The zero-order valence-electron chi connectivity index (χ0n) is 12.9. The van der Waals surface area contributed by atoms with Crippen LogP contribution in [0.15, 0.2) is 72.0 Å². The lowest BCUT2D eigenvalue weighted by Gasteiger charge is -2.12. The number of aromatic nitrogens is 3. The largest absolute Gasteiger partial charge is 0.503 e. The molecule has 1 N–H and O–H groups in total. The number of hydrogen-bond acceptors (Lipinski definition) is 4. The topological polar surface area (TPSA) is 68.0 Å². The minimum absolute atomic E-state index is 0.00584. The summed E-state index contributed by atoms with van der Waals surface area (Å²) >= 11 is 0. The Morgan fingerprint density at radius 2 is 1.84 bits per heavy atom. The molecule has 1 aromatic carbocycles. The van der Waals surface area contributed by atoms with Gasteiger partial charge in [-0.3, -0.25) is 9.78 Å². The molecule has 6 heteroatoms. The third kappa shape index (κ3) is 2.53. The number of fused-ring (bicyclic) bond motifs is 1. The summed E-state index contributed by atoms with van der Waals surface area (Å²) in [5.41, 5.74) is 1.28. The van der Waals surface area contributed by atoms with Crippen LogP contribution in [0.1, 0.15) is 0 Å². The predicted molar refractivity (Wildman–Crippen MR) is 92.2 cm³/mol. The summed E-state index contributed by atoms with van der Waals surface area (Å²) < 4.78 is 16.4. The van der Waals surface area contributed by atoms with Gasteiger partial charge in [-0.25, -0.2) is 9.37 Å². The summed E-state index contributed by atoms with van der Waals surface area (Å²) in [5, 5.41) is 10.4. The summed E-state index contributed by atoms with van der Waals surface area (Å²) in [7, 11) is 0. The minimum atomic E-state index is -0.554. The van der Waals surface area contributed by atoms with Gasteiger partial charge in [-0.05, 0) is 23.8 Å². The molecular weight excluding hydrogens is 321 g/mol. The molecule has 0 fully saturated rings. The molecule has 0 aliphatic rings. The number of nitrogens with zero attached hydrogens (tertiary/aromatic N) is 3. The van der Waals surface area contributed by atoms with Crippen molar-refractivity contribution in [2.75, 3.05) is 0 Å². The highest BCUT2D eigenvalue weighted by molar-refractivity contribution is 5.94. The first kappa shape index (κ1) is 15.0. The fraction of sp³-hybridized carbons (Fsp3) is 0. The van der Waals surface area contributed by atoms with E-state index in [9.17, 15) is 9.90 Å². The normalized spacial score (nSPS) is 10.9. The first-order valence-electron chi connectivity index (χ1n) is 7.55. The van der Waals surface area contributed by atoms with Gasteiger partial charge in [-0.2, -0.15) is 0 Å². The Hall–Kier alpha value is -3.54. The van der Waals surface area contributed by atoms with Crippen LogP contribution in [0.25, 0.3) is 27.8 Å². The molecule has 0 unspecified atom stereocenters. The van der Waals surface area contributed by atoms with Crippen LogP contribution in [0.5, 0.6) is 5.75 Å². The maximum atomic E-state index is 15.1. The molecule has 0 saturated heterocycles. The molecule has 0 atom stereocenters. The first-order valence-corrected chi connectivity index (χ1v) is 7.55. The van der Waals surface area contributed by atoms with E-state index in [1.54, 1.807) is 18.3 Å². The number of benzene rings is 1. The zero-order chi connectivity index (χ0) is 17.4. The summed E-state index contributed by atoms with van der Waals surface area (Å²) in [6.45, 7) is 0. The Bertz CT molecular complexity index is 1150. The lowest BCUT2D eigenvalue weighted by molar-refractivity contribution is 0.464. The van der Waals surface area contributed by atoms with Gasteiger partial charge in [0.15, 0.2) is 17.4 Å². The van der Waals surface area contributed by atoms with Gasteiger partial charge in [0.05, 0.1) is 11.7 Å². The van der Waals surface area contributed by atoms with Gasteiger partial charge < -0.3 is 9.67 Å². The lowest BCUT2D eigenvalue weighted by Crippen LogP contribution is -2.07. The SMILES string of the molecule is O=c1ccn(-c2nccc(-c3cccc4ncccc34)c2F)cc1O. The van der Waals surface area contributed by atoms with Gasteiger partial charge in [-0.1, -0.05) is 18.2 Å². The highest BCUT2D eigenvalue weighted by Crippen LogP contribution is 2.31. The molecule has 3 aromatic heterocycles. The fourth-order valence-corrected chi connectivity index (χ4v) is 2.76. The summed E-state index contributed by atoms with van der Waals surface area (Å²) in [5.74, 6) is -1.03. The molecule has 0 radical (unpaired) electrons. The van der Waals surface area contributed by atoms with E-state index in [0.717, 1.165) is 23.2 Å². The Labute approximate surface area is 141 Å². The number of aromatic hydroxyl groups is 1. The molecule has 0 saturated carbocycles. The maximum absolute atomic E-state index is 15.1. The highest BCUT2D eigenvalue weighted by Gasteiger charge is 2.15. The Balaban J connectivity index is 1.95. The molecule has 122 valence electrons. The van der Waals surface area contributed by atoms with E-state index in [1.165, 1.54) is 17.0 Å². The molecule has 0 bridgehead atoms.